The Bertz CT molecular complexity index is 331. The van der Waals surface area contributed by atoms with E-state index in [0.29, 0.717) is 12.5 Å². The van der Waals surface area contributed by atoms with Crippen molar-refractivity contribution >= 4 is 0 Å². The minimum Gasteiger partial charge on any atom is -0.311 e. The Morgan fingerprint density at radius 3 is 2.24 bits per heavy atom. The van der Waals surface area contributed by atoms with Crippen molar-refractivity contribution in [3.63, 3.8) is 0 Å². The van der Waals surface area contributed by atoms with Crippen LogP contribution in [0, 0.1) is 0 Å². The van der Waals surface area contributed by atoms with Gasteiger partial charge in [-0.2, -0.15) is 8.78 Å². The normalized spacial score (nSPS) is 12.1. The standard InChI is InChI=1S/C14H21F2N/c1-4-9-17-10-14(15,16)13-7-5-12(6-8-13)11(2)3/h5-8,11,17H,4,9-10H2,1-3H3. The van der Waals surface area contributed by atoms with Crippen LogP contribution in [0.2, 0.25) is 0 Å². The van der Waals surface area contributed by atoms with Crippen LogP contribution < -0.4 is 5.32 Å². The summed E-state index contributed by atoms with van der Waals surface area (Å²) in [6.07, 6.45) is 0.863. The number of hydrogen-bond acceptors (Lipinski definition) is 1. The summed E-state index contributed by atoms with van der Waals surface area (Å²) in [5.74, 6) is -2.42. The van der Waals surface area contributed by atoms with Gasteiger partial charge in [0.15, 0.2) is 0 Å². The second kappa shape index (κ2) is 6.10. The molecule has 0 aliphatic heterocycles. The van der Waals surface area contributed by atoms with Gasteiger partial charge in [-0.1, -0.05) is 45.0 Å². The average Bonchev–Trinajstić information content (AvgIpc) is 2.29. The van der Waals surface area contributed by atoms with Crippen LogP contribution in [0.25, 0.3) is 0 Å². The molecule has 0 aliphatic rings. The highest BCUT2D eigenvalue weighted by molar-refractivity contribution is 5.27. The topological polar surface area (TPSA) is 12.0 Å². The van der Waals surface area contributed by atoms with E-state index in [2.05, 4.69) is 19.2 Å². The molecule has 0 aromatic heterocycles. The van der Waals surface area contributed by atoms with Crippen LogP contribution in [0.1, 0.15) is 44.2 Å². The van der Waals surface area contributed by atoms with Gasteiger partial charge in [0.25, 0.3) is 5.92 Å². The zero-order valence-electron chi connectivity index (χ0n) is 10.8. The molecule has 1 N–H and O–H groups in total. The molecule has 0 bridgehead atoms. The van der Waals surface area contributed by atoms with Gasteiger partial charge in [-0.15, -0.1) is 0 Å². The lowest BCUT2D eigenvalue weighted by Crippen LogP contribution is -2.31. The van der Waals surface area contributed by atoms with E-state index in [4.69, 9.17) is 0 Å². The van der Waals surface area contributed by atoms with Crippen molar-refractivity contribution in [1.29, 1.82) is 0 Å². The van der Waals surface area contributed by atoms with Crippen molar-refractivity contribution < 1.29 is 8.78 Å². The van der Waals surface area contributed by atoms with E-state index in [0.717, 1.165) is 12.0 Å². The van der Waals surface area contributed by atoms with Crippen molar-refractivity contribution in [3.05, 3.63) is 35.4 Å². The summed E-state index contributed by atoms with van der Waals surface area (Å²) in [6.45, 7) is 6.40. The van der Waals surface area contributed by atoms with E-state index in [1.165, 1.54) is 12.1 Å². The number of rotatable bonds is 6. The summed E-state index contributed by atoms with van der Waals surface area (Å²) in [4.78, 5) is 0. The number of benzene rings is 1. The van der Waals surface area contributed by atoms with Crippen molar-refractivity contribution in [2.24, 2.45) is 0 Å². The molecule has 0 saturated carbocycles. The summed E-state index contributed by atoms with van der Waals surface area (Å²) in [5.41, 5.74) is 1.18. The maximum Gasteiger partial charge on any atom is 0.285 e. The van der Waals surface area contributed by atoms with Crippen molar-refractivity contribution in [2.45, 2.75) is 39.0 Å². The number of halogens is 2. The van der Waals surface area contributed by atoms with E-state index in [1.54, 1.807) is 12.1 Å². The summed E-state index contributed by atoms with van der Waals surface area (Å²) in [6, 6.07) is 6.63. The molecule has 17 heavy (non-hydrogen) atoms. The molecular weight excluding hydrogens is 220 g/mol. The minimum atomic E-state index is -2.79. The minimum absolute atomic E-state index is 0.0884. The van der Waals surface area contributed by atoms with Gasteiger partial charge in [0, 0.05) is 5.56 Å². The van der Waals surface area contributed by atoms with E-state index in [1.807, 2.05) is 6.92 Å². The largest absolute Gasteiger partial charge is 0.311 e. The van der Waals surface area contributed by atoms with E-state index in [9.17, 15) is 8.78 Å². The van der Waals surface area contributed by atoms with E-state index >= 15 is 0 Å². The SMILES string of the molecule is CCCNCC(F)(F)c1ccc(C(C)C)cc1. The molecule has 0 spiro atoms. The van der Waals surface area contributed by atoms with Gasteiger partial charge >= 0.3 is 0 Å². The molecule has 0 fully saturated rings. The van der Waals surface area contributed by atoms with Gasteiger partial charge in [0.1, 0.15) is 0 Å². The van der Waals surface area contributed by atoms with Gasteiger partial charge in [-0.25, -0.2) is 0 Å². The maximum absolute atomic E-state index is 13.7. The molecule has 0 aliphatic carbocycles. The Kier molecular flexibility index (Phi) is 5.06. The Morgan fingerprint density at radius 2 is 1.76 bits per heavy atom. The lowest BCUT2D eigenvalue weighted by Gasteiger charge is -2.18. The van der Waals surface area contributed by atoms with Crippen LogP contribution >= 0.6 is 0 Å². The van der Waals surface area contributed by atoms with E-state index in [-0.39, 0.29) is 12.1 Å². The van der Waals surface area contributed by atoms with Crippen molar-refractivity contribution in [2.75, 3.05) is 13.1 Å². The Morgan fingerprint density at radius 1 is 1.18 bits per heavy atom. The van der Waals surface area contributed by atoms with Gasteiger partial charge < -0.3 is 5.32 Å². The highest BCUT2D eigenvalue weighted by Gasteiger charge is 2.30. The molecule has 1 aromatic rings. The number of nitrogens with one attached hydrogen (secondary N) is 1. The molecule has 0 saturated heterocycles. The van der Waals surface area contributed by atoms with Gasteiger partial charge in [0.2, 0.25) is 0 Å². The summed E-state index contributed by atoms with van der Waals surface area (Å²) < 4.78 is 27.5. The quantitative estimate of drug-likeness (QED) is 0.745. The third-order valence-electron chi connectivity index (χ3n) is 2.77. The van der Waals surface area contributed by atoms with Crippen LogP contribution in [0.3, 0.4) is 0 Å². The third kappa shape index (κ3) is 4.08. The first-order valence-electron chi connectivity index (χ1n) is 6.16. The lowest BCUT2D eigenvalue weighted by molar-refractivity contribution is -0.00292. The van der Waals surface area contributed by atoms with Crippen LogP contribution in [0.5, 0.6) is 0 Å². The zero-order chi connectivity index (χ0) is 12.9. The van der Waals surface area contributed by atoms with Crippen LogP contribution in [-0.4, -0.2) is 13.1 Å². The predicted octanol–water partition coefficient (Wildman–Crippen LogP) is 3.90. The molecule has 1 aromatic carbocycles. The highest BCUT2D eigenvalue weighted by atomic mass is 19.3. The van der Waals surface area contributed by atoms with E-state index < -0.39 is 5.92 Å². The Balaban J connectivity index is 2.70. The molecular formula is C14H21F2N. The van der Waals surface area contributed by atoms with Crippen LogP contribution in [0.15, 0.2) is 24.3 Å². The molecule has 0 heterocycles. The molecule has 96 valence electrons. The van der Waals surface area contributed by atoms with Crippen molar-refractivity contribution in [1.82, 2.24) is 5.32 Å². The van der Waals surface area contributed by atoms with Crippen molar-refractivity contribution in [3.8, 4) is 0 Å². The first-order chi connectivity index (χ1) is 7.97. The highest BCUT2D eigenvalue weighted by Crippen LogP contribution is 2.28. The van der Waals surface area contributed by atoms with Crippen LogP contribution in [-0.2, 0) is 5.92 Å². The fourth-order valence-electron chi connectivity index (χ4n) is 1.64. The third-order valence-corrected chi connectivity index (χ3v) is 2.77. The monoisotopic (exact) mass is 241 g/mol. The Hall–Kier alpha value is -0.960. The summed E-state index contributed by atoms with van der Waals surface area (Å²) in [5, 5.41) is 2.76. The molecule has 0 unspecified atom stereocenters. The summed E-state index contributed by atoms with van der Waals surface area (Å²) >= 11 is 0. The second-order valence-electron chi connectivity index (χ2n) is 4.66. The second-order valence-corrected chi connectivity index (χ2v) is 4.66. The maximum atomic E-state index is 13.7. The molecule has 0 radical (unpaired) electrons. The Labute approximate surface area is 102 Å². The number of alkyl halides is 2. The fourth-order valence-corrected chi connectivity index (χ4v) is 1.64. The summed E-state index contributed by atoms with van der Waals surface area (Å²) in [7, 11) is 0. The predicted molar refractivity (Wildman–Crippen MR) is 67.6 cm³/mol. The van der Waals surface area contributed by atoms with Gasteiger partial charge in [-0.05, 0) is 24.4 Å². The molecule has 0 amide bonds. The van der Waals surface area contributed by atoms with Gasteiger partial charge in [0.05, 0.1) is 6.54 Å². The zero-order valence-corrected chi connectivity index (χ0v) is 10.8. The van der Waals surface area contributed by atoms with Crippen LogP contribution in [0.4, 0.5) is 8.78 Å². The lowest BCUT2D eigenvalue weighted by atomic mass is 9.99. The smallest absolute Gasteiger partial charge is 0.285 e. The first kappa shape index (κ1) is 14.1. The number of hydrogen-bond donors (Lipinski definition) is 1. The molecule has 1 rings (SSSR count). The average molecular weight is 241 g/mol. The first-order valence-corrected chi connectivity index (χ1v) is 6.16. The van der Waals surface area contributed by atoms with Gasteiger partial charge in [-0.3, -0.25) is 0 Å². The fraction of sp³-hybridized carbons (Fsp3) is 0.571. The molecule has 0 atom stereocenters. The molecule has 3 heteroatoms. The molecule has 1 nitrogen and oxygen atoms in total.